The highest BCUT2D eigenvalue weighted by Crippen LogP contribution is 2.42. The zero-order valence-electron chi connectivity index (χ0n) is 21.7. The molecule has 190 valence electrons. The Morgan fingerprint density at radius 2 is 1.73 bits per heavy atom. The second kappa shape index (κ2) is 9.68. The summed E-state index contributed by atoms with van der Waals surface area (Å²) in [5.74, 6) is -0.736. The van der Waals surface area contributed by atoms with Gasteiger partial charge in [-0.2, -0.15) is 0 Å². The standard InChI is InChI=1S/C29H31N5O2S/c1-6-22-26-17(4)27-16(3)15(2)25(34(27)5)13-21-10-8-19(32-21)11-18-7-9-20(31-18)12-24(33-26)28(22)37-14-23(30)29(35)36/h7-13,23,31H,6,14,30H2,1-5H3,(H,35,36). The third kappa shape index (κ3) is 4.51. The molecule has 7 nitrogen and oxygen atoms in total. The minimum absolute atomic E-state index is 0.267. The largest absolute Gasteiger partial charge is 0.480 e. The van der Waals surface area contributed by atoms with Gasteiger partial charge in [-0.3, -0.25) is 4.79 Å². The average Bonchev–Trinajstić information content (AvgIpc) is 3.62. The van der Waals surface area contributed by atoms with Crippen molar-refractivity contribution < 1.29 is 9.90 Å². The highest BCUT2D eigenvalue weighted by molar-refractivity contribution is 8.08. The Labute approximate surface area is 220 Å². The minimum Gasteiger partial charge on any atom is -0.480 e. The maximum Gasteiger partial charge on any atom is 0.321 e. The Kier molecular flexibility index (Phi) is 6.56. The molecule has 3 aromatic rings. The molecule has 1 unspecified atom stereocenters. The number of aryl methyl sites for hydroxylation is 4. The van der Waals surface area contributed by atoms with Crippen LogP contribution in [0.4, 0.5) is 0 Å². The molecule has 0 aliphatic carbocycles. The van der Waals surface area contributed by atoms with Crippen LogP contribution in [0.15, 0.2) is 30.3 Å². The second-order valence-electron chi connectivity index (χ2n) is 9.53. The number of rotatable bonds is 5. The zero-order chi connectivity index (χ0) is 26.4. The first kappa shape index (κ1) is 25.0. The van der Waals surface area contributed by atoms with Crippen LogP contribution in [0.5, 0.6) is 0 Å². The molecular formula is C29H31N5O2S. The Balaban J connectivity index is 1.87. The highest BCUT2D eigenvalue weighted by atomic mass is 32.2. The molecule has 1 atom stereocenters. The van der Waals surface area contributed by atoms with Gasteiger partial charge in [-0.15, -0.1) is 11.8 Å². The molecule has 0 spiro atoms. The van der Waals surface area contributed by atoms with Crippen LogP contribution in [0.3, 0.4) is 0 Å². The monoisotopic (exact) mass is 513 g/mol. The third-order valence-corrected chi connectivity index (χ3v) is 8.38. The molecule has 37 heavy (non-hydrogen) atoms. The van der Waals surface area contributed by atoms with Gasteiger partial charge in [0.1, 0.15) is 6.04 Å². The Bertz CT molecular complexity index is 1660. The molecule has 0 saturated heterocycles. The second-order valence-corrected chi connectivity index (χ2v) is 10.6. The molecule has 2 aliphatic rings. The predicted octanol–water partition coefficient (Wildman–Crippen LogP) is 5.84. The summed E-state index contributed by atoms with van der Waals surface area (Å²) in [5, 5.41) is 9.35. The number of hydrogen-bond donors (Lipinski definition) is 3. The molecule has 5 heterocycles. The number of allylic oxidation sites excluding steroid dienone is 1. The van der Waals surface area contributed by atoms with Crippen LogP contribution in [-0.4, -0.2) is 42.4 Å². The van der Waals surface area contributed by atoms with Crippen molar-refractivity contribution in [3.8, 4) is 0 Å². The van der Waals surface area contributed by atoms with Crippen LogP contribution >= 0.6 is 11.8 Å². The maximum atomic E-state index is 11.4. The maximum absolute atomic E-state index is 11.4. The molecule has 0 fully saturated rings. The number of H-pyrrole nitrogens is 1. The summed E-state index contributed by atoms with van der Waals surface area (Å²) in [6.07, 6.45) is 4.84. The average molecular weight is 514 g/mol. The molecule has 0 saturated carbocycles. The van der Waals surface area contributed by atoms with Gasteiger partial charge in [0, 0.05) is 39.8 Å². The van der Waals surface area contributed by atoms with Gasteiger partial charge < -0.3 is 20.4 Å². The number of nitrogens with one attached hydrogen (secondary N) is 1. The molecule has 2 aliphatic heterocycles. The van der Waals surface area contributed by atoms with Gasteiger partial charge in [0.2, 0.25) is 0 Å². The van der Waals surface area contributed by atoms with E-state index >= 15 is 0 Å². The van der Waals surface area contributed by atoms with Gasteiger partial charge in [0.05, 0.1) is 22.8 Å². The van der Waals surface area contributed by atoms with Crippen LogP contribution in [0.25, 0.3) is 44.7 Å². The fourth-order valence-corrected chi connectivity index (χ4v) is 6.24. The van der Waals surface area contributed by atoms with Gasteiger partial charge >= 0.3 is 5.97 Å². The van der Waals surface area contributed by atoms with E-state index in [4.69, 9.17) is 15.7 Å². The van der Waals surface area contributed by atoms with E-state index in [2.05, 4.69) is 50.4 Å². The van der Waals surface area contributed by atoms with E-state index in [-0.39, 0.29) is 5.75 Å². The lowest BCUT2D eigenvalue weighted by Gasteiger charge is -2.10. The van der Waals surface area contributed by atoms with Crippen LogP contribution < -0.4 is 5.73 Å². The Morgan fingerprint density at radius 1 is 1.05 bits per heavy atom. The summed E-state index contributed by atoms with van der Waals surface area (Å²) in [5.41, 5.74) is 18.2. The molecule has 8 heteroatoms. The number of aliphatic carboxylic acids is 1. The van der Waals surface area contributed by atoms with Gasteiger partial charge in [-0.25, -0.2) is 9.97 Å². The summed E-state index contributed by atoms with van der Waals surface area (Å²) in [6, 6.07) is 9.28. The Hall–Kier alpha value is -3.62. The van der Waals surface area contributed by atoms with Crippen molar-refractivity contribution >= 4 is 62.4 Å². The highest BCUT2D eigenvalue weighted by Gasteiger charge is 2.24. The van der Waals surface area contributed by atoms with Crippen molar-refractivity contribution in [2.75, 3.05) is 5.75 Å². The van der Waals surface area contributed by atoms with Gasteiger partial charge in [0.25, 0.3) is 0 Å². The number of thioether (sulfide) groups is 1. The smallest absolute Gasteiger partial charge is 0.321 e. The summed E-state index contributed by atoms with van der Waals surface area (Å²) in [6.45, 7) is 8.54. The van der Waals surface area contributed by atoms with Gasteiger partial charge in [0.15, 0.2) is 0 Å². The number of hydrogen-bond acceptors (Lipinski definition) is 5. The van der Waals surface area contributed by atoms with Crippen LogP contribution in [-0.2, 0) is 11.8 Å². The number of carboxylic acids is 1. The van der Waals surface area contributed by atoms with E-state index in [0.29, 0.717) is 0 Å². The topological polar surface area (TPSA) is 110 Å². The number of aromatic amines is 1. The molecule has 4 N–H and O–H groups in total. The lowest BCUT2D eigenvalue weighted by Crippen LogP contribution is -2.32. The quantitative estimate of drug-likeness (QED) is 0.309. The van der Waals surface area contributed by atoms with Crippen LogP contribution in [0.1, 0.15) is 52.8 Å². The van der Waals surface area contributed by atoms with Gasteiger partial charge in [-0.1, -0.05) is 6.92 Å². The van der Waals surface area contributed by atoms with Crippen molar-refractivity contribution in [3.63, 3.8) is 0 Å². The molecule has 0 aromatic carbocycles. The SMILES string of the molecule is CCC1=C(SCC(N)C(=O)O)c2cc3ccc(cc4nc(cc5c(C)c(C)c(c(C)c1n2)n5C)C=C4)[nH]3. The first-order valence-electron chi connectivity index (χ1n) is 12.4. The van der Waals surface area contributed by atoms with E-state index < -0.39 is 12.0 Å². The Morgan fingerprint density at radius 3 is 2.41 bits per heavy atom. The fourth-order valence-electron chi connectivity index (χ4n) is 5.09. The number of nitrogens with zero attached hydrogens (tertiary/aromatic N) is 3. The molecule has 0 amide bonds. The number of fused-ring (bicyclic) bond motifs is 8. The number of carboxylic acid groups (broad SMARTS) is 1. The summed E-state index contributed by atoms with van der Waals surface area (Å²) < 4.78 is 2.23. The molecule has 0 radical (unpaired) electrons. The third-order valence-electron chi connectivity index (χ3n) is 7.11. The first-order chi connectivity index (χ1) is 17.7. The van der Waals surface area contributed by atoms with E-state index in [0.717, 1.165) is 67.3 Å². The summed E-state index contributed by atoms with van der Waals surface area (Å²) in [4.78, 5) is 25.8. The summed E-state index contributed by atoms with van der Waals surface area (Å²) >= 11 is 1.47. The molecule has 8 bridgehead atoms. The normalized spacial score (nSPS) is 13.9. The first-order valence-corrected chi connectivity index (χ1v) is 13.3. The molecular weight excluding hydrogens is 482 g/mol. The fraction of sp³-hybridized carbons (Fsp3) is 0.276. The van der Waals surface area contributed by atoms with E-state index in [1.807, 2.05) is 36.4 Å². The van der Waals surface area contributed by atoms with E-state index in [9.17, 15) is 9.90 Å². The van der Waals surface area contributed by atoms with E-state index in [1.165, 1.54) is 22.9 Å². The van der Waals surface area contributed by atoms with Crippen molar-refractivity contribution in [3.05, 3.63) is 69.8 Å². The number of carbonyl (C=O) groups is 1. The summed E-state index contributed by atoms with van der Waals surface area (Å²) in [7, 11) is 2.09. The molecule has 5 rings (SSSR count). The number of aromatic nitrogens is 4. The van der Waals surface area contributed by atoms with Gasteiger partial charge in [-0.05, 0) is 91.9 Å². The number of nitrogens with two attached hydrogens (primary N) is 1. The van der Waals surface area contributed by atoms with E-state index in [1.54, 1.807) is 0 Å². The zero-order valence-corrected chi connectivity index (χ0v) is 22.5. The lowest BCUT2D eigenvalue weighted by atomic mass is 10.0. The minimum atomic E-state index is -1.00. The lowest BCUT2D eigenvalue weighted by molar-refractivity contribution is -0.137. The van der Waals surface area contributed by atoms with Crippen LogP contribution in [0.2, 0.25) is 0 Å². The van der Waals surface area contributed by atoms with Crippen molar-refractivity contribution in [1.82, 2.24) is 19.5 Å². The van der Waals surface area contributed by atoms with Crippen molar-refractivity contribution in [1.29, 1.82) is 0 Å². The van der Waals surface area contributed by atoms with Crippen molar-refractivity contribution in [2.24, 2.45) is 12.8 Å². The molecule has 3 aromatic heterocycles. The van der Waals surface area contributed by atoms with Crippen molar-refractivity contribution in [2.45, 2.75) is 40.2 Å². The predicted molar refractivity (Wildman–Crippen MR) is 154 cm³/mol. The van der Waals surface area contributed by atoms with Crippen LogP contribution in [0, 0.1) is 20.8 Å².